The molecule has 170 valence electrons. The summed E-state index contributed by atoms with van der Waals surface area (Å²) in [4.78, 5) is 15.9. The molecule has 0 saturated heterocycles. The molecule has 0 bridgehead atoms. The molecular weight excluding hydrogens is 430 g/mol. The van der Waals surface area contributed by atoms with E-state index in [9.17, 15) is 13.2 Å². The van der Waals surface area contributed by atoms with E-state index < -0.39 is 15.9 Å². The number of methoxy groups -OCH3 is 2. The van der Waals surface area contributed by atoms with E-state index in [1.54, 1.807) is 36.6 Å². The van der Waals surface area contributed by atoms with Crippen LogP contribution in [-0.2, 0) is 29.4 Å². The van der Waals surface area contributed by atoms with Crippen LogP contribution in [0, 0.1) is 0 Å². The number of hydrogen-bond acceptors (Lipinski definition) is 6. The largest absolute Gasteiger partial charge is 0.496 e. The average molecular weight is 459 g/mol. The predicted octanol–water partition coefficient (Wildman–Crippen LogP) is 0.825. The number of carbonyl (C=O) groups excluding carboxylic acids is 1. The molecular formula is C23H28N3O5S+. The van der Waals surface area contributed by atoms with Gasteiger partial charge in [0.2, 0.25) is 0 Å². The summed E-state index contributed by atoms with van der Waals surface area (Å²) in [5.41, 5.74) is 8.30. The fraction of sp³-hybridized carbons (Fsp3) is 0.304. The number of amides is 1. The van der Waals surface area contributed by atoms with E-state index in [2.05, 4.69) is 9.71 Å². The third kappa shape index (κ3) is 5.28. The van der Waals surface area contributed by atoms with E-state index >= 15 is 0 Å². The zero-order valence-corrected chi connectivity index (χ0v) is 19.0. The van der Waals surface area contributed by atoms with Crippen molar-refractivity contribution in [3.63, 3.8) is 0 Å². The van der Waals surface area contributed by atoms with Crippen molar-refractivity contribution in [3.05, 3.63) is 64.9 Å². The summed E-state index contributed by atoms with van der Waals surface area (Å²) < 4.78 is 38.9. The molecule has 32 heavy (non-hydrogen) atoms. The number of ether oxygens (including phenoxy) is 2. The molecule has 0 fully saturated rings. The number of fused-ring (bicyclic) bond motifs is 1. The number of sulfonamides is 1. The molecule has 1 amide bonds. The maximum atomic E-state index is 13.1. The Morgan fingerprint density at radius 1 is 1.09 bits per heavy atom. The van der Waals surface area contributed by atoms with Crippen LogP contribution in [0.15, 0.2) is 47.5 Å². The summed E-state index contributed by atoms with van der Waals surface area (Å²) in [5.74, 6) is -0.287. The van der Waals surface area contributed by atoms with Gasteiger partial charge in [-0.05, 0) is 67.3 Å². The third-order valence-corrected chi connectivity index (χ3v) is 6.64. The van der Waals surface area contributed by atoms with Crippen LogP contribution in [0.2, 0.25) is 0 Å². The van der Waals surface area contributed by atoms with E-state index in [1.165, 1.54) is 26.5 Å². The van der Waals surface area contributed by atoms with Crippen LogP contribution in [-0.4, -0.2) is 34.8 Å². The van der Waals surface area contributed by atoms with Gasteiger partial charge in [0.1, 0.15) is 16.4 Å². The van der Waals surface area contributed by atoms with E-state index in [0.29, 0.717) is 6.54 Å². The quantitative estimate of drug-likeness (QED) is 0.504. The van der Waals surface area contributed by atoms with Gasteiger partial charge in [0.25, 0.3) is 15.9 Å². The molecule has 0 heterocycles. The van der Waals surface area contributed by atoms with Gasteiger partial charge in [0, 0.05) is 11.6 Å². The highest BCUT2D eigenvalue weighted by atomic mass is 32.2. The summed E-state index contributed by atoms with van der Waals surface area (Å²) >= 11 is 0. The molecule has 0 saturated carbocycles. The standard InChI is InChI=1S/C23H27N3O5S/c1-30-20-12-16(15-25-11-5-10-24)8-9-19(20)23(27)26-32(28,29)22-14-18-7-4-3-6-17(18)13-21(22)31-2/h5,8-14H,3-4,6-7,15,24H2,1-2H3,(H,26,27)/p+1/b10-5-,25-11?. The van der Waals surface area contributed by atoms with Crippen LogP contribution in [0.25, 0.3) is 0 Å². The van der Waals surface area contributed by atoms with E-state index in [-0.39, 0.29) is 22.0 Å². The molecule has 8 nitrogen and oxygen atoms in total. The summed E-state index contributed by atoms with van der Waals surface area (Å²) in [7, 11) is -1.31. The number of aryl methyl sites for hydroxylation is 2. The van der Waals surface area contributed by atoms with Crippen molar-refractivity contribution in [2.45, 2.75) is 37.1 Å². The Balaban J connectivity index is 1.86. The minimum Gasteiger partial charge on any atom is -0.496 e. The third-order valence-electron chi connectivity index (χ3n) is 5.29. The minimum atomic E-state index is -4.16. The van der Waals surface area contributed by atoms with Gasteiger partial charge >= 0.3 is 0 Å². The highest BCUT2D eigenvalue weighted by molar-refractivity contribution is 7.90. The van der Waals surface area contributed by atoms with Crippen LogP contribution in [0.4, 0.5) is 0 Å². The number of rotatable bonds is 8. The van der Waals surface area contributed by atoms with Gasteiger partial charge < -0.3 is 15.2 Å². The average Bonchev–Trinajstić information content (AvgIpc) is 2.80. The summed E-state index contributed by atoms with van der Waals surface area (Å²) in [6, 6.07) is 8.29. The number of benzene rings is 2. The Hall–Kier alpha value is -3.33. The van der Waals surface area contributed by atoms with Crippen molar-refractivity contribution in [1.82, 2.24) is 4.72 Å². The zero-order chi connectivity index (χ0) is 23.1. The van der Waals surface area contributed by atoms with Gasteiger partial charge in [0.15, 0.2) is 12.8 Å². The lowest BCUT2D eigenvalue weighted by molar-refractivity contribution is -0.469. The van der Waals surface area contributed by atoms with Crippen LogP contribution in [0.5, 0.6) is 11.5 Å². The lowest BCUT2D eigenvalue weighted by Gasteiger charge is -2.19. The lowest BCUT2D eigenvalue weighted by atomic mass is 9.92. The first kappa shape index (κ1) is 23.3. The van der Waals surface area contributed by atoms with E-state index in [1.807, 2.05) is 0 Å². The first-order valence-electron chi connectivity index (χ1n) is 10.3. The Bertz CT molecular complexity index is 1160. The van der Waals surface area contributed by atoms with Gasteiger partial charge in [-0.2, -0.15) is 0 Å². The molecule has 0 aromatic heterocycles. The number of carbonyl (C=O) groups is 1. The van der Waals surface area contributed by atoms with Crippen molar-refractivity contribution in [3.8, 4) is 11.5 Å². The monoisotopic (exact) mass is 458 g/mol. The van der Waals surface area contributed by atoms with Crippen molar-refractivity contribution in [1.29, 1.82) is 0 Å². The Labute approximate surface area is 188 Å². The number of nitrogens with one attached hydrogen (secondary N) is 2. The van der Waals surface area contributed by atoms with Gasteiger partial charge in [-0.15, -0.1) is 0 Å². The smallest absolute Gasteiger partial charge is 0.268 e. The second-order valence-corrected chi connectivity index (χ2v) is 9.03. The van der Waals surface area contributed by atoms with E-state index in [0.717, 1.165) is 42.4 Å². The highest BCUT2D eigenvalue weighted by Gasteiger charge is 2.26. The second-order valence-electron chi connectivity index (χ2n) is 7.38. The molecule has 4 N–H and O–H groups in total. The normalized spacial score (nSPS) is 13.8. The van der Waals surface area contributed by atoms with Crippen molar-refractivity contribution < 1.29 is 27.7 Å². The van der Waals surface area contributed by atoms with Crippen LogP contribution < -0.4 is 24.9 Å². The molecule has 2 aromatic rings. The lowest BCUT2D eigenvalue weighted by Crippen LogP contribution is -2.66. The topological polar surface area (TPSA) is 122 Å². The Morgan fingerprint density at radius 3 is 2.44 bits per heavy atom. The number of allylic oxidation sites excluding steroid dienone is 1. The van der Waals surface area contributed by atoms with Crippen LogP contribution in [0.1, 0.15) is 39.9 Å². The molecule has 0 atom stereocenters. The fourth-order valence-corrected chi connectivity index (χ4v) is 4.84. The fourth-order valence-electron chi connectivity index (χ4n) is 3.68. The summed E-state index contributed by atoms with van der Waals surface area (Å²) in [6.45, 7) is 0.479. The SMILES string of the molecule is COc1cc(C[NH+]=C/C=C\N)ccc1C(=O)NS(=O)(=O)c1cc2c(cc1OC)CCCC2. The van der Waals surface area contributed by atoms with Gasteiger partial charge in [-0.3, -0.25) is 4.79 Å². The number of hydrogen-bond donors (Lipinski definition) is 3. The Morgan fingerprint density at radius 2 is 1.78 bits per heavy atom. The van der Waals surface area contributed by atoms with Crippen molar-refractivity contribution in [2.24, 2.45) is 5.73 Å². The summed E-state index contributed by atoms with van der Waals surface area (Å²) in [6.07, 6.45) is 8.49. The zero-order valence-electron chi connectivity index (χ0n) is 18.2. The maximum absolute atomic E-state index is 13.1. The first-order chi connectivity index (χ1) is 15.4. The van der Waals surface area contributed by atoms with Crippen molar-refractivity contribution >= 4 is 22.1 Å². The highest BCUT2D eigenvalue weighted by Crippen LogP contribution is 2.32. The van der Waals surface area contributed by atoms with Crippen LogP contribution >= 0.6 is 0 Å². The minimum absolute atomic E-state index is 0.0442. The van der Waals surface area contributed by atoms with Gasteiger partial charge in [-0.1, -0.05) is 6.07 Å². The summed E-state index contributed by atoms with van der Waals surface area (Å²) in [5, 5.41) is 0. The van der Waals surface area contributed by atoms with Crippen LogP contribution in [0.3, 0.4) is 0 Å². The molecule has 0 radical (unpaired) electrons. The molecule has 3 rings (SSSR count). The van der Waals surface area contributed by atoms with Crippen molar-refractivity contribution in [2.75, 3.05) is 14.2 Å². The molecule has 1 aliphatic carbocycles. The maximum Gasteiger partial charge on any atom is 0.268 e. The molecule has 1 aliphatic rings. The second kappa shape index (κ2) is 10.3. The molecule has 0 unspecified atom stereocenters. The number of nitrogens with two attached hydrogens (primary N) is 1. The van der Waals surface area contributed by atoms with E-state index in [4.69, 9.17) is 15.2 Å². The first-order valence-corrected chi connectivity index (χ1v) is 11.7. The Kier molecular flexibility index (Phi) is 7.53. The van der Waals surface area contributed by atoms with Gasteiger partial charge in [0.05, 0.1) is 19.8 Å². The van der Waals surface area contributed by atoms with Gasteiger partial charge in [-0.25, -0.2) is 18.1 Å². The molecule has 9 heteroatoms. The predicted molar refractivity (Wildman–Crippen MR) is 121 cm³/mol. The molecule has 0 aliphatic heterocycles. The molecule has 0 spiro atoms. The molecule has 2 aromatic carbocycles.